The van der Waals surface area contributed by atoms with Gasteiger partial charge in [0.2, 0.25) is 0 Å². The van der Waals surface area contributed by atoms with Gasteiger partial charge < -0.3 is 26.4 Å². The number of aromatic nitrogens is 2. The molecule has 5 N–H and O–H groups in total. The smallest absolute Gasteiger partial charge is 0.263 e. The van der Waals surface area contributed by atoms with Crippen molar-refractivity contribution in [2.45, 2.75) is 51.3 Å². The van der Waals surface area contributed by atoms with Crippen molar-refractivity contribution < 1.29 is 9.53 Å². The molecule has 9 heteroatoms. The molecular formula is C24H30N6O2S. The number of carbonyl (C=O) groups excluding carboxylic acids is 1. The number of nitrogens with zero attached hydrogens (tertiary/aromatic N) is 3. The number of ether oxygens (including phenoxy) is 1. The van der Waals surface area contributed by atoms with Crippen LogP contribution in [0.1, 0.15) is 38.6 Å². The Morgan fingerprint density at radius 2 is 2.09 bits per heavy atom. The number of aryl methyl sites for hydroxylation is 3. The van der Waals surface area contributed by atoms with E-state index in [2.05, 4.69) is 27.3 Å². The first-order valence-electron chi connectivity index (χ1n) is 11.3. The molecule has 1 saturated heterocycles. The second-order valence-electron chi connectivity index (χ2n) is 9.14. The van der Waals surface area contributed by atoms with Crippen LogP contribution in [0.15, 0.2) is 18.2 Å². The van der Waals surface area contributed by atoms with Crippen LogP contribution < -0.4 is 21.7 Å². The molecule has 3 aromatic rings. The maximum absolute atomic E-state index is 13.1. The molecule has 0 saturated carbocycles. The maximum atomic E-state index is 13.1. The van der Waals surface area contributed by atoms with Crippen molar-refractivity contribution in [3.8, 4) is 0 Å². The lowest BCUT2D eigenvalue weighted by atomic mass is 9.91. The van der Waals surface area contributed by atoms with Gasteiger partial charge in [0.15, 0.2) is 0 Å². The maximum Gasteiger partial charge on any atom is 0.263 e. The van der Waals surface area contributed by atoms with Crippen LogP contribution in [-0.2, 0) is 17.6 Å². The van der Waals surface area contributed by atoms with Gasteiger partial charge >= 0.3 is 0 Å². The number of amides is 1. The van der Waals surface area contributed by atoms with Crippen LogP contribution in [-0.4, -0.2) is 54.3 Å². The number of nitrogens with one attached hydrogen (secondary N) is 1. The summed E-state index contributed by atoms with van der Waals surface area (Å²) in [6, 6.07) is 6.23. The van der Waals surface area contributed by atoms with E-state index in [0.29, 0.717) is 10.6 Å². The second kappa shape index (κ2) is 8.55. The zero-order valence-corrected chi connectivity index (χ0v) is 20.0. The highest BCUT2D eigenvalue weighted by Gasteiger charge is 2.32. The lowest BCUT2D eigenvalue weighted by Gasteiger charge is -2.26. The number of thiophene rings is 1. The third-order valence-corrected chi connectivity index (χ3v) is 7.85. The second-order valence-corrected chi connectivity index (χ2v) is 10.1. The molecule has 0 spiro atoms. The number of pyridine rings is 2. The van der Waals surface area contributed by atoms with Crippen LogP contribution in [0.2, 0.25) is 0 Å². The van der Waals surface area contributed by atoms with Crippen LogP contribution in [0.3, 0.4) is 0 Å². The summed E-state index contributed by atoms with van der Waals surface area (Å²) >= 11 is 1.37. The monoisotopic (exact) mass is 466 g/mol. The number of fused-ring (bicyclic) bond motifs is 2. The summed E-state index contributed by atoms with van der Waals surface area (Å²) in [5.41, 5.74) is 17.3. The van der Waals surface area contributed by atoms with E-state index in [1.54, 1.807) is 7.11 Å². The highest BCUT2D eigenvalue weighted by atomic mass is 32.1. The molecule has 0 bridgehead atoms. The van der Waals surface area contributed by atoms with Crippen molar-refractivity contribution in [3.05, 3.63) is 45.6 Å². The van der Waals surface area contributed by atoms with E-state index >= 15 is 0 Å². The van der Waals surface area contributed by atoms with Gasteiger partial charge in [0.25, 0.3) is 5.91 Å². The Bertz CT molecular complexity index is 1230. The van der Waals surface area contributed by atoms with Gasteiger partial charge in [-0.15, -0.1) is 11.3 Å². The van der Waals surface area contributed by atoms with Crippen LogP contribution in [0, 0.1) is 13.8 Å². The lowest BCUT2D eigenvalue weighted by Crippen LogP contribution is -2.39. The SMILES string of the molecule is CO[C@H]1CN(c2ccc3c(n2)CC[C@H](NC(=O)c2sc4nc(C)cc(C)c4c2N)C3)C[C@@H]1N. The number of nitrogen functional groups attached to an aromatic ring is 1. The van der Waals surface area contributed by atoms with E-state index in [1.165, 1.54) is 16.9 Å². The minimum absolute atomic E-state index is 0.00309. The zero-order chi connectivity index (χ0) is 23.3. The summed E-state index contributed by atoms with van der Waals surface area (Å²) in [6.45, 7) is 5.46. The third kappa shape index (κ3) is 4.05. The van der Waals surface area contributed by atoms with E-state index in [1.807, 2.05) is 19.9 Å². The standard InChI is InChI=1S/C24H30N6O2S/c1-12-8-13(2)27-24-20(12)21(26)22(33-24)23(31)28-15-5-6-17-14(9-15)4-7-19(29-17)30-10-16(25)18(11-30)32-3/h4,7-8,15-16,18H,5-6,9-11,25-26H2,1-3H3,(H,28,31)/t15-,16-,18-/m0/s1. The molecule has 174 valence electrons. The molecule has 5 rings (SSSR count). The average Bonchev–Trinajstić information content (AvgIpc) is 3.32. The van der Waals surface area contributed by atoms with Crippen molar-refractivity contribution in [1.29, 1.82) is 0 Å². The van der Waals surface area contributed by atoms with Crippen molar-refractivity contribution in [1.82, 2.24) is 15.3 Å². The van der Waals surface area contributed by atoms with E-state index < -0.39 is 0 Å². The molecule has 4 heterocycles. The first-order chi connectivity index (χ1) is 15.8. The van der Waals surface area contributed by atoms with Crippen LogP contribution in [0.4, 0.5) is 11.5 Å². The number of hydrogen-bond donors (Lipinski definition) is 3. The van der Waals surface area contributed by atoms with Crippen LogP contribution in [0.25, 0.3) is 10.2 Å². The summed E-state index contributed by atoms with van der Waals surface area (Å²) in [6.07, 6.45) is 2.46. The van der Waals surface area contributed by atoms with Crippen molar-refractivity contribution in [3.63, 3.8) is 0 Å². The van der Waals surface area contributed by atoms with Gasteiger partial charge in [-0.25, -0.2) is 9.97 Å². The molecule has 1 aliphatic heterocycles. The van der Waals surface area contributed by atoms with E-state index in [0.717, 1.165) is 65.3 Å². The first kappa shape index (κ1) is 22.1. The predicted octanol–water partition coefficient (Wildman–Crippen LogP) is 2.34. The molecule has 0 aromatic carbocycles. The molecule has 3 aromatic heterocycles. The molecule has 33 heavy (non-hydrogen) atoms. The van der Waals surface area contributed by atoms with Crippen LogP contribution in [0.5, 0.6) is 0 Å². The normalized spacial score (nSPS) is 22.5. The minimum Gasteiger partial charge on any atom is -0.397 e. The summed E-state index contributed by atoms with van der Waals surface area (Å²) in [5, 5.41) is 4.08. The van der Waals surface area contributed by atoms with E-state index in [9.17, 15) is 4.79 Å². The zero-order valence-electron chi connectivity index (χ0n) is 19.2. The predicted molar refractivity (Wildman–Crippen MR) is 132 cm³/mol. The van der Waals surface area contributed by atoms with Gasteiger partial charge in [0, 0.05) is 43.0 Å². The Morgan fingerprint density at radius 1 is 1.27 bits per heavy atom. The highest BCUT2D eigenvalue weighted by Crippen LogP contribution is 2.35. The Kier molecular flexibility index (Phi) is 5.72. The first-order valence-corrected chi connectivity index (χ1v) is 12.1. The van der Waals surface area contributed by atoms with Gasteiger partial charge in [-0.05, 0) is 56.4 Å². The Morgan fingerprint density at radius 3 is 2.85 bits per heavy atom. The number of nitrogens with two attached hydrogens (primary N) is 2. The summed E-state index contributed by atoms with van der Waals surface area (Å²) in [4.78, 5) is 26.1. The fourth-order valence-electron chi connectivity index (χ4n) is 5.02. The molecule has 1 aliphatic carbocycles. The van der Waals surface area contributed by atoms with Crippen molar-refractivity contribution >= 4 is 39.0 Å². The minimum atomic E-state index is -0.123. The molecular weight excluding hydrogens is 436 g/mol. The number of rotatable bonds is 4. The third-order valence-electron chi connectivity index (χ3n) is 6.75. The number of anilines is 2. The molecule has 2 aliphatic rings. The quantitative estimate of drug-likeness (QED) is 0.540. The number of carbonyl (C=O) groups is 1. The fourth-order valence-corrected chi connectivity index (χ4v) is 6.14. The lowest BCUT2D eigenvalue weighted by molar-refractivity contribution is 0.0938. The fraction of sp³-hybridized carbons (Fsp3) is 0.458. The number of methoxy groups -OCH3 is 1. The largest absolute Gasteiger partial charge is 0.397 e. The highest BCUT2D eigenvalue weighted by molar-refractivity contribution is 7.21. The Balaban J connectivity index is 1.29. The van der Waals surface area contributed by atoms with Gasteiger partial charge in [0.1, 0.15) is 15.5 Å². The molecule has 1 amide bonds. The van der Waals surface area contributed by atoms with Gasteiger partial charge in [0.05, 0.1) is 17.8 Å². The van der Waals surface area contributed by atoms with Crippen molar-refractivity contribution in [2.75, 3.05) is 30.8 Å². The van der Waals surface area contributed by atoms with E-state index in [-0.39, 0.29) is 24.1 Å². The summed E-state index contributed by atoms with van der Waals surface area (Å²) in [7, 11) is 1.70. The summed E-state index contributed by atoms with van der Waals surface area (Å²) in [5.74, 6) is 0.824. The Labute approximate surface area is 197 Å². The average molecular weight is 467 g/mol. The van der Waals surface area contributed by atoms with Crippen molar-refractivity contribution in [2.24, 2.45) is 5.73 Å². The number of hydrogen-bond acceptors (Lipinski definition) is 8. The van der Waals surface area contributed by atoms with Gasteiger partial charge in [-0.3, -0.25) is 4.79 Å². The molecule has 1 fully saturated rings. The summed E-state index contributed by atoms with van der Waals surface area (Å²) < 4.78 is 5.47. The van der Waals surface area contributed by atoms with Gasteiger partial charge in [-0.2, -0.15) is 0 Å². The molecule has 3 atom stereocenters. The topological polar surface area (TPSA) is 119 Å². The Hall–Kier alpha value is -2.75. The van der Waals surface area contributed by atoms with Crippen LogP contribution >= 0.6 is 11.3 Å². The molecule has 0 radical (unpaired) electrons. The van der Waals surface area contributed by atoms with Gasteiger partial charge in [-0.1, -0.05) is 6.07 Å². The molecule has 0 unspecified atom stereocenters. The molecule has 8 nitrogen and oxygen atoms in total. The van der Waals surface area contributed by atoms with E-state index in [4.69, 9.17) is 21.2 Å².